The van der Waals surface area contributed by atoms with E-state index in [-0.39, 0.29) is 18.4 Å². The molecule has 1 saturated heterocycles. The molecule has 180 valence electrons. The topological polar surface area (TPSA) is 83.6 Å². The molecule has 1 fully saturated rings. The number of para-hydroxylation sites is 1. The molecule has 2 N–H and O–H groups in total. The summed E-state index contributed by atoms with van der Waals surface area (Å²) in [6.45, 7) is 1.79. The van der Waals surface area contributed by atoms with Gasteiger partial charge in [0.2, 0.25) is 11.8 Å². The van der Waals surface area contributed by atoms with E-state index in [4.69, 9.17) is 4.74 Å². The second-order valence-corrected chi connectivity index (χ2v) is 8.98. The number of anilines is 1. The summed E-state index contributed by atoms with van der Waals surface area (Å²) in [6.07, 6.45) is -4.56. The number of nitrogens with zero attached hydrogens (tertiary/aromatic N) is 2. The quantitative estimate of drug-likeness (QED) is 0.545. The van der Waals surface area contributed by atoms with Gasteiger partial charge in [0, 0.05) is 19.2 Å². The summed E-state index contributed by atoms with van der Waals surface area (Å²) < 4.78 is 45.3. The van der Waals surface area contributed by atoms with Crippen molar-refractivity contribution in [1.29, 1.82) is 0 Å². The lowest BCUT2D eigenvalue weighted by molar-refractivity contribution is -0.138. The van der Waals surface area contributed by atoms with Crippen LogP contribution in [0.4, 0.5) is 18.9 Å². The number of rotatable bonds is 6. The molecule has 2 aromatic carbocycles. The number of hydrogen-bond acceptors (Lipinski definition) is 6. The van der Waals surface area contributed by atoms with Crippen molar-refractivity contribution in [2.45, 2.75) is 37.7 Å². The first-order chi connectivity index (χ1) is 16.2. The Kier molecular flexibility index (Phi) is 6.65. The fourth-order valence-corrected chi connectivity index (χ4v) is 4.78. The molecular weight excluding hydrogens is 469 g/mol. The van der Waals surface area contributed by atoms with Crippen LogP contribution < -0.4 is 15.4 Å². The number of carbonyl (C=O) groups excluding carboxylic acids is 2. The van der Waals surface area contributed by atoms with Gasteiger partial charge < -0.3 is 20.3 Å². The molecule has 0 spiro atoms. The maximum Gasteiger partial charge on any atom is 0.416 e. The highest BCUT2D eigenvalue weighted by atomic mass is 32.1. The van der Waals surface area contributed by atoms with E-state index < -0.39 is 29.9 Å². The smallest absolute Gasteiger partial charge is 0.416 e. The number of likely N-dealkylation sites (N-methyl/N-ethyl adjacent to an activating group) is 1. The number of alkyl halides is 3. The molecule has 2 amide bonds. The third kappa shape index (κ3) is 5.09. The third-order valence-electron chi connectivity index (χ3n) is 5.60. The molecule has 0 saturated carbocycles. The number of nitrogens with one attached hydrogen (secondary N) is 2. The molecule has 0 radical (unpaired) electrons. The van der Waals surface area contributed by atoms with Gasteiger partial charge >= 0.3 is 6.18 Å². The van der Waals surface area contributed by atoms with E-state index in [0.717, 1.165) is 22.3 Å². The predicted octanol–water partition coefficient (Wildman–Crippen LogP) is 3.91. The van der Waals surface area contributed by atoms with E-state index in [2.05, 4.69) is 15.6 Å². The van der Waals surface area contributed by atoms with Crippen LogP contribution in [0.5, 0.6) is 5.19 Å². The molecule has 3 aromatic rings. The first-order valence-electron chi connectivity index (χ1n) is 10.6. The van der Waals surface area contributed by atoms with Crippen molar-refractivity contribution < 1.29 is 27.5 Å². The molecule has 0 bridgehead atoms. The minimum absolute atomic E-state index is 0.186. The molecular formula is C23H23F3N4O3S. The van der Waals surface area contributed by atoms with E-state index in [1.165, 1.54) is 35.4 Å². The molecule has 7 nitrogen and oxygen atoms in total. The van der Waals surface area contributed by atoms with Gasteiger partial charge in [0.05, 0.1) is 22.3 Å². The van der Waals surface area contributed by atoms with Crippen LogP contribution in [0.2, 0.25) is 0 Å². The number of thiazole rings is 1. The molecule has 3 atom stereocenters. The van der Waals surface area contributed by atoms with Crippen molar-refractivity contribution >= 4 is 39.1 Å². The summed E-state index contributed by atoms with van der Waals surface area (Å²) in [5, 5.41) is 5.96. The first kappa shape index (κ1) is 23.8. The zero-order chi connectivity index (χ0) is 24.5. The van der Waals surface area contributed by atoms with Crippen LogP contribution in [0.15, 0.2) is 48.5 Å². The average Bonchev–Trinajstić information content (AvgIpc) is 3.41. The number of amides is 2. The van der Waals surface area contributed by atoms with E-state index in [9.17, 15) is 22.8 Å². The van der Waals surface area contributed by atoms with Crippen LogP contribution in [-0.2, 0) is 15.8 Å². The lowest BCUT2D eigenvalue weighted by Crippen LogP contribution is -2.49. The van der Waals surface area contributed by atoms with Gasteiger partial charge in [-0.1, -0.05) is 23.5 Å². The van der Waals surface area contributed by atoms with Crippen LogP contribution >= 0.6 is 11.3 Å². The SMILES string of the molecule is CNC(=O)[C@@H]1C[C@@H](Oc2nc3ccccc3s2)CN1C(=O)[C@H](C)Nc1ccc(C(F)(F)F)cc1. The van der Waals surface area contributed by atoms with Crippen molar-refractivity contribution in [3.05, 3.63) is 54.1 Å². The predicted molar refractivity (Wildman–Crippen MR) is 123 cm³/mol. The fourth-order valence-electron chi connectivity index (χ4n) is 3.90. The van der Waals surface area contributed by atoms with Gasteiger partial charge in [-0.05, 0) is 43.3 Å². The van der Waals surface area contributed by atoms with E-state index in [1.807, 2.05) is 24.3 Å². The number of carbonyl (C=O) groups is 2. The van der Waals surface area contributed by atoms with Gasteiger partial charge in [0.1, 0.15) is 18.2 Å². The van der Waals surface area contributed by atoms with Gasteiger partial charge in [0.25, 0.3) is 5.19 Å². The minimum Gasteiger partial charge on any atom is -0.465 e. The van der Waals surface area contributed by atoms with E-state index in [0.29, 0.717) is 17.3 Å². The number of benzene rings is 2. The lowest BCUT2D eigenvalue weighted by atomic mass is 10.1. The normalized spacial score (nSPS) is 19.1. The second kappa shape index (κ2) is 9.49. The Balaban J connectivity index is 1.45. The summed E-state index contributed by atoms with van der Waals surface area (Å²) >= 11 is 1.39. The largest absolute Gasteiger partial charge is 0.465 e. The monoisotopic (exact) mass is 492 g/mol. The van der Waals surface area contributed by atoms with Crippen LogP contribution in [-0.4, -0.2) is 53.5 Å². The van der Waals surface area contributed by atoms with Crippen molar-refractivity contribution in [1.82, 2.24) is 15.2 Å². The maximum absolute atomic E-state index is 13.2. The molecule has 0 unspecified atom stereocenters. The Morgan fingerprint density at radius 2 is 1.88 bits per heavy atom. The highest BCUT2D eigenvalue weighted by molar-refractivity contribution is 7.20. The highest BCUT2D eigenvalue weighted by Crippen LogP contribution is 2.32. The zero-order valence-corrected chi connectivity index (χ0v) is 19.2. The minimum atomic E-state index is -4.44. The number of likely N-dealkylation sites (tertiary alicyclic amines) is 1. The van der Waals surface area contributed by atoms with Crippen LogP contribution in [0.25, 0.3) is 10.2 Å². The van der Waals surface area contributed by atoms with Crippen LogP contribution in [0.3, 0.4) is 0 Å². The van der Waals surface area contributed by atoms with E-state index >= 15 is 0 Å². The summed E-state index contributed by atoms with van der Waals surface area (Å²) in [5.41, 5.74) is 0.406. The maximum atomic E-state index is 13.2. The van der Waals surface area contributed by atoms with Gasteiger partial charge in [-0.25, -0.2) is 4.98 Å². The first-order valence-corrected chi connectivity index (χ1v) is 11.5. The molecule has 11 heteroatoms. The molecule has 1 aliphatic heterocycles. The van der Waals surface area contributed by atoms with Gasteiger partial charge in [-0.15, -0.1) is 0 Å². The number of hydrogen-bond donors (Lipinski definition) is 2. The third-order valence-corrected chi connectivity index (χ3v) is 6.53. The molecule has 34 heavy (non-hydrogen) atoms. The molecule has 1 aromatic heterocycles. The number of halogens is 3. The highest BCUT2D eigenvalue weighted by Gasteiger charge is 2.42. The standard InChI is InChI=1S/C23H23F3N4O3S/c1-13(28-15-9-7-14(8-10-15)23(24,25)26)21(32)30-12-16(11-18(30)20(31)27-2)33-22-29-17-5-3-4-6-19(17)34-22/h3-10,13,16,18,28H,11-12H2,1-2H3,(H,27,31)/t13-,16+,18-/m0/s1. The Hall–Kier alpha value is -3.34. The molecule has 0 aliphatic carbocycles. The summed E-state index contributed by atoms with van der Waals surface area (Å²) in [5.74, 6) is -0.672. The fraction of sp³-hybridized carbons (Fsp3) is 0.348. The lowest BCUT2D eigenvalue weighted by Gasteiger charge is -2.27. The molecule has 2 heterocycles. The van der Waals surface area contributed by atoms with Crippen molar-refractivity contribution in [2.24, 2.45) is 0 Å². The second-order valence-electron chi connectivity index (χ2n) is 7.98. The Bertz CT molecular complexity index is 1150. The molecule has 4 rings (SSSR count). The van der Waals surface area contributed by atoms with Crippen molar-refractivity contribution in [3.8, 4) is 5.19 Å². The summed E-state index contributed by atoms with van der Waals surface area (Å²) in [4.78, 5) is 31.6. The van der Waals surface area contributed by atoms with Crippen molar-refractivity contribution in [2.75, 3.05) is 18.9 Å². The number of ether oxygens (including phenoxy) is 1. The Morgan fingerprint density at radius 3 is 2.53 bits per heavy atom. The zero-order valence-electron chi connectivity index (χ0n) is 18.4. The van der Waals surface area contributed by atoms with Gasteiger partial charge in [0.15, 0.2) is 0 Å². The van der Waals surface area contributed by atoms with Crippen molar-refractivity contribution in [3.63, 3.8) is 0 Å². The van der Waals surface area contributed by atoms with Crippen LogP contribution in [0.1, 0.15) is 18.9 Å². The summed E-state index contributed by atoms with van der Waals surface area (Å²) in [7, 11) is 1.50. The average molecular weight is 493 g/mol. The number of aromatic nitrogens is 1. The summed E-state index contributed by atoms with van der Waals surface area (Å²) in [6, 6.07) is 10.5. The van der Waals surface area contributed by atoms with Crippen LogP contribution in [0, 0.1) is 0 Å². The Morgan fingerprint density at radius 1 is 1.18 bits per heavy atom. The number of fused-ring (bicyclic) bond motifs is 1. The Labute approximate surface area is 197 Å². The van der Waals surface area contributed by atoms with Gasteiger partial charge in [-0.3, -0.25) is 9.59 Å². The van der Waals surface area contributed by atoms with E-state index in [1.54, 1.807) is 6.92 Å². The van der Waals surface area contributed by atoms with Gasteiger partial charge in [-0.2, -0.15) is 13.2 Å². The molecule has 1 aliphatic rings.